The van der Waals surface area contributed by atoms with Crippen molar-refractivity contribution in [2.45, 2.75) is 19.0 Å². The molecule has 1 unspecified atom stereocenters. The lowest BCUT2D eigenvalue weighted by atomic mass is 9.93. The summed E-state index contributed by atoms with van der Waals surface area (Å²) < 4.78 is 31.9. The predicted molar refractivity (Wildman–Crippen MR) is 53.7 cm³/mol. The number of carbonyl (C=O) groups is 1. The number of carboxylic acids is 1. The number of halogens is 2. The van der Waals surface area contributed by atoms with Crippen LogP contribution >= 0.6 is 0 Å². The van der Waals surface area contributed by atoms with Gasteiger partial charge in [-0.1, -0.05) is 13.0 Å². The van der Waals surface area contributed by atoms with Crippen LogP contribution in [0.5, 0.6) is 5.75 Å². The molecule has 0 aliphatic carbocycles. The first kappa shape index (κ1) is 12.4. The highest BCUT2D eigenvalue weighted by Crippen LogP contribution is 2.32. The highest BCUT2D eigenvalue weighted by molar-refractivity contribution is 5.79. The zero-order valence-electron chi connectivity index (χ0n) is 8.96. The Morgan fingerprint density at radius 3 is 2.56 bits per heavy atom. The minimum Gasteiger partial charge on any atom is -0.494 e. The first-order valence-corrected chi connectivity index (χ1v) is 4.72. The molecule has 0 saturated carbocycles. The molecule has 0 radical (unpaired) electrons. The lowest BCUT2D eigenvalue weighted by Crippen LogP contribution is -2.30. The normalized spacial score (nSPS) is 14.2. The van der Waals surface area contributed by atoms with Gasteiger partial charge in [0.25, 0.3) is 0 Å². The van der Waals surface area contributed by atoms with Gasteiger partial charge in [-0.2, -0.15) is 0 Å². The topological polar surface area (TPSA) is 46.5 Å². The standard InChI is InChI=1S/C11H12F2O3/c1-3-11(13,10(14)15)7-4-5-9(16-2)8(12)6-7/h4-6H,3H2,1-2H3,(H,14,15). The van der Waals surface area contributed by atoms with Gasteiger partial charge in [0.1, 0.15) is 0 Å². The number of hydrogen-bond acceptors (Lipinski definition) is 2. The Bertz CT molecular complexity index is 406. The van der Waals surface area contributed by atoms with E-state index >= 15 is 0 Å². The number of alkyl halides is 1. The zero-order chi connectivity index (χ0) is 12.3. The number of methoxy groups -OCH3 is 1. The molecule has 0 amide bonds. The molecule has 0 aliphatic heterocycles. The zero-order valence-corrected chi connectivity index (χ0v) is 8.96. The summed E-state index contributed by atoms with van der Waals surface area (Å²) >= 11 is 0. The Labute approximate surface area is 91.7 Å². The van der Waals surface area contributed by atoms with E-state index in [1.54, 1.807) is 0 Å². The van der Waals surface area contributed by atoms with Crippen LogP contribution in [0.3, 0.4) is 0 Å². The van der Waals surface area contributed by atoms with Gasteiger partial charge >= 0.3 is 5.97 Å². The number of benzene rings is 1. The van der Waals surface area contributed by atoms with Crippen molar-refractivity contribution in [3.63, 3.8) is 0 Å². The second-order valence-corrected chi connectivity index (χ2v) is 3.31. The van der Waals surface area contributed by atoms with Crippen LogP contribution in [0.15, 0.2) is 18.2 Å². The maximum Gasteiger partial charge on any atom is 0.346 e. The SMILES string of the molecule is CCC(F)(C(=O)O)c1ccc(OC)c(F)c1. The Hall–Kier alpha value is -1.65. The van der Waals surface area contributed by atoms with Crippen LogP contribution in [-0.4, -0.2) is 18.2 Å². The number of hydrogen-bond donors (Lipinski definition) is 1. The van der Waals surface area contributed by atoms with E-state index in [9.17, 15) is 13.6 Å². The largest absolute Gasteiger partial charge is 0.494 e. The van der Waals surface area contributed by atoms with Crippen molar-refractivity contribution in [3.8, 4) is 5.75 Å². The molecule has 88 valence electrons. The second-order valence-electron chi connectivity index (χ2n) is 3.31. The van der Waals surface area contributed by atoms with Gasteiger partial charge in [-0.25, -0.2) is 13.6 Å². The van der Waals surface area contributed by atoms with E-state index in [0.29, 0.717) is 0 Å². The van der Waals surface area contributed by atoms with Crippen LogP contribution in [0.25, 0.3) is 0 Å². The van der Waals surface area contributed by atoms with Crippen LogP contribution in [-0.2, 0) is 10.5 Å². The van der Waals surface area contributed by atoms with E-state index in [4.69, 9.17) is 5.11 Å². The van der Waals surface area contributed by atoms with Crippen molar-refractivity contribution in [2.24, 2.45) is 0 Å². The van der Waals surface area contributed by atoms with E-state index in [-0.39, 0.29) is 17.7 Å². The van der Waals surface area contributed by atoms with E-state index in [1.165, 1.54) is 26.2 Å². The Morgan fingerprint density at radius 1 is 1.56 bits per heavy atom. The Kier molecular flexibility index (Phi) is 3.47. The monoisotopic (exact) mass is 230 g/mol. The lowest BCUT2D eigenvalue weighted by Gasteiger charge is -2.19. The molecule has 3 nitrogen and oxygen atoms in total. The minimum atomic E-state index is -2.56. The van der Waals surface area contributed by atoms with E-state index in [1.807, 2.05) is 0 Å². The summed E-state index contributed by atoms with van der Waals surface area (Å²) in [7, 11) is 1.28. The summed E-state index contributed by atoms with van der Waals surface area (Å²) in [5.41, 5.74) is -2.78. The predicted octanol–water partition coefficient (Wildman–Crippen LogP) is 2.49. The van der Waals surface area contributed by atoms with Crippen molar-refractivity contribution < 1.29 is 23.4 Å². The molecule has 1 N–H and O–H groups in total. The molecule has 0 fully saturated rings. The molecule has 0 aromatic heterocycles. The molecule has 1 rings (SSSR count). The molecule has 16 heavy (non-hydrogen) atoms. The number of carboxylic acid groups (broad SMARTS) is 1. The van der Waals surface area contributed by atoms with Gasteiger partial charge in [0.2, 0.25) is 5.67 Å². The number of ether oxygens (including phenoxy) is 1. The van der Waals surface area contributed by atoms with Crippen molar-refractivity contribution in [1.29, 1.82) is 0 Å². The summed E-state index contributed by atoms with van der Waals surface area (Å²) in [4.78, 5) is 10.8. The van der Waals surface area contributed by atoms with E-state index in [2.05, 4.69) is 4.74 Å². The highest BCUT2D eigenvalue weighted by atomic mass is 19.1. The van der Waals surface area contributed by atoms with E-state index in [0.717, 1.165) is 6.07 Å². The van der Waals surface area contributed by atoms with Gasteiger partial charge in [0.15, 0.2) is 11.6 Å². The average molecular weight is 230 g/mol. The van der Waals surface area contributed by atoms with Crippen molar-refractivity contribution >= 4 is 5.97 Å². The number of rotatable bonds is 4. The molecule has 0 aliphatic rings. The smallest absolute Gasteiger partial charge is 0.346 e. The van der Waals surface area contributed by atoms with Gasteiger partial charge in [-0.3, -0.25) is 0 Å². The highest BCUT2D eigenvalue weighted by Gasteiger charge is 2.39. The van der Waals surface area contributed by atoms with Gasteiger partial charge in [-0.05, 0) is 18.6 Å². The molecule has 5 heteroatoms. The molecule has 1 aromatic rings. The number of aliphatic carboxylic acids is 1. The summed E-state index contributed by atoms with van der Waals surface area (Å²) in [5, 5.41) is 8.77. The van der Waals surface area contributed by atoms with Crippen LogP contribution < -0.4 is 4.74 Å². The third-order valence-electron chi connectivity index (χ3n) is 2.44. The Morgan fingerprint density at radius 2 is 2.19 bits per heavy atom. The Balaban J connectivity index is 3.23. The fourth-order valence-corrected chi connectivity index (χ4v) is 1.39. The molecule has 0 bridgehead atoms. The summed E-state index contributed by atoms with van der Waals surface area (Å²) in [6.45, 7) is 1.39. The van der Waals surface area contributed by atoms with Crippen molar-refractivity contribution in [3.05, 3.63) is 29.6 Å². The maximum absolute atomic E-state index is 14.0. The fourth-order valence-electron chi connectivity index (χ4n) is 1.39. The third kappa shape index (κ3) is 1.98. The fraction of sp³-hybridized carbons (Fsp3) is 0.364. The van der Waals surface area contributed by atoms with E-state index < -0.39 is 17.5 Å². The molecule has 0 spiro atoms. The first-order chi connectivity index (χ1) is 7.45. The van der Waals surface area contributed by atoms with Crippen molar-refractivity contribution in [1.82, 2.24) is 0 Å². The van der Waals surface area contributed by atoms with Crippen molar-refractivity contribution in [2.75, 3.05) is 7.11 Å². The van der Waals surface area contributed by atoms with Gasteiger partial charge in [0.05, 0.1) is 7.11 Å². The molecular formula is C11H12F2O3. The molecule has 0 saturated heterocycles. The van der Waals surface area contributed by atoms with Crippen LogP contribution in [0.2, 0.25) is 0 Å². The van der Waals surface area contributed by atoms with Crippen LogP contribution in [0, 0.1) is 5.82 Å². The van der Waals surface area contributed by atoms with Crippen LogP contribution in [0.1, 0.15) is 18.9 Å². The first-order valence-electron chi connectivity index (χ1n) is 4.72. The maximum atomic E-state index is 14.0. The molecule has 0 heterocycles. The third-order valence-corrected chi connectivity index (χ3v) is 2.44. The summed E-state index contributed by atoms with van der Waals surface area (Å²) in [6, 6.07) is 3.26. The van der Waals surface area contributed by atoms with Gasteiger partial charge in [0, 0.05) is 5.56 Å². The lowest BCUT2D eigenvalue weighted by molar-refractivity contribution is -0.151. The molecule has 1 aromatic carbocycles. The molecule has 1 atom stereocenters. The average Bonchev–Trinajstić information content (AvgIpc) is 2.27. The minimum absolute atomic E-state index is 0.0485. The quantitative estimate of drug-likeness (QED) is 0.864. The van der Waals surface area contributed by atoms with Gasteiger partial charge < -0.3 is 9.84 Å². The summed E-state index contributed by atoms with van der Waals surface area (Å²) in [5.74, 6) is -2.45. The molecular weight excluding hydrogens is 218 g/mol. The van der Waals surface area contributed by atoms with Crippen LogP contribution in [0.4, 0.5) is 8.78 Å². The second kappa shape index (κ2) is 4.47. The summed E-state index contributed by atoms with van der Waals surface area (Å²) in [6.07, 6.45) is -0.270. The van der Waals surface area contributed by atoms with Gasteiger partial charge in [-0.15, -0.1) is 0 Å².